The molecule has 5 rings (SSSR count). The number of rotatable bonds is 14. The van der Waals surface area contributed by atoms with Gasteiger partial charge in [0.1, 0.15) is 0 Å². The number of allylic oxidation sites excluding steroid dienone is 2. The van der Waals surface area contributed by atoms with Gasteiger partial charge in [-0.15, -0.1) is 0 Å². The number of carbonyl (C=O) groups excluding carboxylic acids is 2. The molecule has 1 fully saturated rings. The summed E-state index contributed by atoms with van der Waals surface area (Å²) in [7, 11) is 1.53. The number of halogens is 1. The third kappa shape index (κ3) is 7.63. The lowest BCUT2D eigenvalue weighted by Crippen LogP contribution is -2.39. The minimum Gasteiger partial charge on any atom is -0.504 e. The number of para-hydroxylation sites is 1. The normalized spacial score (nSPS) is 20.2. The number of hydrogen-bond acceptors (Lipinski definition) is 7. The summed E-state index contributed by atoms with van der Waals surface area (Å²) in [6.07, 6.45) is 5.95. The van der Waals surface area contributed by atoms with Gasteiger partial charge in [-0.1, -0.05) is 62.1 Å². The summed E-state index contributed by atoms with van der Waals surface area (Å²) in [5.41, 5.74) is 6.04. The molecule has 9 heteroatoms. The van der Waals surface area contributed by atoms with E-state index in [2.05, 4.69) is 47.8 Å². The van der Waals surface area contributed by atoms with Crippen molar-refractivity contribution in [2.75, 3.05) is 23.9 Å². The Balaban J connectivity index is 1.37. The molecule has 0 spiro atoms. The van der Waals surface area contributed by atoms with Crippen LogP contribution in [-0.4, -0.2) is 47.0 Å². The van der Waals surface area contributed by atoms with Gasteiger partial charge >= 0.3 is 0 Å². The molecule has 0 saturated carbocycles. The Morgan fingerprint density at radius 1 is 1.02 bits per heavy atom. The number of ether oxygens (including phenoxy) is 1. The van der Waals surface area contributed by atoms with Crippen molar-refractivity contribution in [2.24, 2.45) is 17.8 Å². The number of anilines is 3. The molecule has 1 heterocycles. The van der Waals surface area contributed by atoms with Crippen LogP contribution >= 0.6 is 22.6 Å². The number of amides is 2. The van der Waals surface area contributed by atoms with Gasteiger partial charge in [0.15, 0.2) is 11.5 Å². The molecule has 254 valence electrons. The molecule has 3 aromatic rings. The third-order valence-electron chi connectivity index (χ3n) is 9.43. The minimum atomic E-state index is -0.861. The zero-order chi connectivity index (χ0) is 34.4. The number of benzene rings is 3. The molecular weight excluding hydrogens is 719 g/mol. The summed E-state index contributed by atoms with van der Waals surface area (Å²) in [6.45, 7) is 3.85. The maximum absolute atomic E-state index is 14.0. The van der Waals surface area contributed by atoms with Crippen molar-refractivity contribution >= 4 is 57.5 Å². The molecule has 3 aromatic carbocycles. The predicted molar refractivity (Wildman–Crippen MR) is 198 cm³/mol. The number of nitrogens with zero attached hydrogens (tertiary/aromatic N) is 1. The number of nitrogens with one attached hydrogen (secondary N) is 1. The summed E-state index contributed by atoms with van der Waals surface area (Å²) in [5, 5.41) is 36.1. The average molecular weight is 765 g/mol. The standard InChI is InChI=1S/C39H45IN2O6/c1-4-9-24(19-25-20-32(40)37(45)34(21-25)48-3)13-18-33(44)35-26(10-5-2)22-30-36(31(35)23-43)39(47)42(38(30)46)29-16-14-28(15-17-29)41-27-11-7-6-8-12-27/h6-8,11-12,14-17,19-21,30-31,33,36,41,43-45H,4-5,9-10,13,18,22-23H2,1-3H3/b24-19+/t30-,31+,33-,36-/m1/s1. The molecule has 0 radical (unpaired) electrons. The lowest BCUT2D eigenvalue weighted by atomic mass is 9.67. The van der Waals surface area contributed by atoms with Crippen LogP contribution in [0.5, 0.6) is 11.5 Å². The molecule has 4 N–H and O–H groups in total. The van der Waals surface area contributed by atoms with Crippen LogP contribution in [0, 0.1) is 21.3 Å². The van der Waals surface area contributed by atoms with E-state index in [-0.39, 0.29) is 24.2 Å². The minimum absolute atomic E-state index is 0.111. The molecule has 2 amide bonds. The molecule has 4 atom stereocenters. The second-order valence-corrected chi connectivity index (χ2v) is 13.8. The molecule has 1 aliphatic carbocycles. The first-order chi connectivity index (χ1) is 23.2. The van der Waals surface area contributed by atoms with Crippen LogP contribution in [0.3, 0.4) is 0 Å². The van der Waals surface area contributed by atoms with Crippen LogP contribution in [0.2, 0.25) is 0 Å². The number of fused-ring (bicyclic) bond motifs is 1. The second kappa shape index (κ2) is 16.2. The SMILES string of the molecule is CCCC1=C([C@H](O)CC/C(=C/c2cc(I)c(O)c(OC)c2)CCC)[C@H](CO)[C@@H]2C(=O)N(c3ccc(Nc4ccccc4)cc3)C(=O)[C@@H]2C1. The number of phenols is 1. The number of carbonyl (C=O) groups is 2. The lowest BCUT2D eigenvalue weighted by Gasteiger charge is -2.36. The van der Waals surface area contributed by atoms with Crippen LogP contribution in [0.15, 0.2) is 83.4 Å². The van der Waals surface area contributed by atoms with Crippen molar-refractivity contribution in [3.05, 3.63) is 92.6 Å². The summed E-state index contributed by atoms with van der Waals surface area (Å²) in [6, 6.07) is 20.7. The van der Waals surface area contributed by atoms with Gasteiger partial charge in [-0.2, -0.15) is 0 Å². The first-order valence-corrected chi connectivity index (χ1v) is 17.8. The molecule has 0 aromatic heterocycles. The average Bonchev–Trinajstić information content (AvgIpc) is 3.34. The summed E-state index contributed by atoms with van der Waals surface area (Å²) in [5.74, 6) is -1.99. The number of imide groups is 1. The Morgan fingerprint density at radius 2 is 1.73 bits per heavy atom. The van der Waals surface area contributed by atoms with E-state index in [1.165, 1.54) is 12.0 Å². The van der Waals surface area contributed by atoms with E-state index in [9.17, 15) is 24.9 Å². The van der Waals surface area contributed by atoms with Crippen molar-refractivity contribution in [3.8, 4) is 11.5 Å². The Kier molecular flexibility index (Phi) is 12.0. The highest BCUT2D eigenvalue weighted by molar-refractivity contribution is 14.1. The van der Waals surface area contributed by atoms with E-state index in [1.807, 2.05) is 48.5 Å². The Hall–Kier alpha value is -3.67. The summed E-state index contributed by atoms with van der Waals surface area (Å²) < 4.78 is 6.04. The fourth-order valence-electron chi connectivity index (χ4n) is 7.27. The monoisotopic (exact) mass is 764 g/mol. The van der Waals surface area contributed by atoms with Gasteiger partial charge in [-0.3, -0.25) is 14.5 Å². The highest BCUT2D eigenvalue weighted by Gasteiger charge is 2.55. The predicted octanol–water partition coefficient (Wildman–Crippen LogP) is 7.99. The van der Waals surface area contributed by atoms with Gasteiger partial charge in [0.2, 0.25) is 11.8 Å². The van der Waals surface area contributed by atoms with Crippen molar-refractivity contribution in [2.45, 2.75) is 64.9 Å². The highest BCUT2D eigenvalue weighted by Crippen LogP contribution is 2.48. The van der Waals surface area contributed by atoms with Crippen molar-refractivity contribution in [1.82, 2.24) is 0 Å². The molecular formula is C39H45IN2O6. The van der Waals surface area contributed by atoms with Crippen LogP contribution < -0.4 is 15.0 Å². The second-order valence-electron chi connectivity index (χ2n) is 12.6. The quantitative estimate of drug-likeness (QED) is 0.0747. The number of hydrogen-bond donors (Lipinski definition) is 4. The maximum Gasteiger partial charge on any atom is 0.238 e. The van der Waals surface area contributed by atoms with Gasteiger partial charge in [-0.25, -0.2) is 0 Å². The largest absolute Gasteiger partial charge is 0.504 e. The number of phenolic OH excluding ortho intramolecular Hbond substituents is 1. The highest BCUT2D eigenvalue weighted by atomic mass is 127. The van der Waals surface area contributed by atoms with Gasteiger partial charge in [0, 0.05) is 17.3 Å². The lowest BCUT2D eigenvalue weighted by molar-refractivity contribution is -0.123. The van der Waals surface area contributed by atoms with Gasteiger partial charge in [-0.05, 0) is 114 Å². The fraction of sp³-hybridized carbons (Fsp3) is 0.385. The molecule has 0 unspecified atom stereocenters. The van der Waals surface area contributed by atoms with E-state index in [1.54, 1.807) is 18.2 Å². The van der Waals surface area contributed by atoms with Crippen molar-refractivity contribution in [3.63, 3.8) is 0 Å². The number of aliphatic hydroxyl groups excluding tert-OH is 2. The summed E-state index contributed by atoms with van der Waals surface area (Å²) >= 11 is 2.08. The van der Waals surface area contributed by atoms with Crippen LogP contribution in [0.4, 0.5) is 17.1 Å². The van der Waals surface area contributed by atoms with Crippen LogP contribution in [-0.2, 0) is 9.59 Å². The number of methoxy groups -OCH3 is 1. The van der Waals surface area contributed by atoms with E-state index in [0.717, 1.165) is 52.9 Å². The summed E-state index contributed by atoms with van der Waals surface area (Å²) in [4.78, 5) is 29.2. The Labute approximate surface area is 296 Å². The van der Waals surface area contributed by atoms with Crippen LogP contribution in [0.25, 0.3) is 6.08 Å². The van der Waals surface area contributed by atoms with Crippen molar-refractivity contribution < 1.29 is 29.6 Å². The number of aliphatic hydroxyl groups is 2. The molecule has 8 nitrogen and oxygen atoms in total. The number of aromatic hydroxyl groups is 1. The van der Waals surface area contributed by atoms with E-state index >= 15 is 0 Å². The first-order valence-electron chi connectivity index (χ1n) is 16.8. The molecule has 0 bridgehead atoms. The fourth-order valence-corrected chi connectivity index (χ4v) is 7.90. The molecule has 1 saturated heterocycles. The molecule has 1 aliphatic heterocycles. The third-order valence-corrected chi connectivity index (χ3v) is 10.3. The van der Waals surface area contributed by atoms with Crippen LogP contribution in [0.1, 0.15) is 64.4 Å². The van der Waals surface area contributed by atoms with Gasteiger partial charge in [0.25, 0.3) is 0 Å². The first kappa shape index (κ1) is 35.6. The zero-order valence-corrected chi connectivity index (χ0v) is 29.9. The van der Waals surface area contributed by atoms with E-state index in [0.29, 0.717) is 40.7 Å². The van der Waals surface area contributed by atoms with Gasteiger partial charge in [0.05, 0.1) is 40.9 Å². The Morgan fingerprint density at radius 3 is 2.38 bits per heavy atom. The molecule has 48 heavy (non-hydrogen) atoms. The molecule has 2 aliphatic rings. The topological polar surface area (TPSA) is 119 Å². The zero-order valence-electron chi connectivity index (χ0n) is 27.8. The Bertz CT molecular complexity index is 1670. The van der Waals surface area contributed by atoms with Gasteiger partial charge < -0.3 is 25.4 Å². The maximum atomic E-state index is 14.0. The smallest absolute Gasteiger partial charge is 0.238 e. The van der Waals surface area contributed by atoms with E-state index < -0.39 is 23.9 Å². The van der Waals surface area contributed by atoms with E-state index in [4.69, 9.17) is 4.74 Å². The van der Waals surface area contributed by atoms with Crippen molar-refractivity contribution in [1.29, 1.82) is 0 Å².